The molecule has 4 heterocycles. The van der Waals surface area contributed by atoms with Crippen LogP contribution >= 0.6 is 0 Å². The SMILES string of the molecule is Cc1cn2cc(-c3ccc(OC(F)(F)F)cc3)cnc2n1.Cc1nc2ncc(-c3ccc(OC(F)(F)F)cc3)cn2c1C(F)(F)F. The number of imidazole rings is 2. The Morgan fingerprint density at radius 1 is 0.565 bits per heavy atom. The molecule has 0 unspecified atom stereocenters. The normalized spacial score (nSPS) is 12.2. The minimum Gasteiger partial charge on any atom is -0.406 e. The quantitative estimate of drug-likeness (QED) is 0.178. The predicted octanol–water partition coefficient (Wildman–Crippen LogP) is 8.23. The van der Waals surface area contributed by atoms with Crippen molar-refractivity contribution in [2.75, 3.05) is 0 Å². The number of ether oxygens (including phenoxy) is 2. The fourth-order valence-corrected chi connectivity index (χ4v) is 4.39. The molecule has 0 saturated heterocycles. The van der Waals surface area contributed by atoms with Crippen LogP contribution < -0.4 is 9.47 Å². The maximum Gasteiger partial charge on any atom is 0.573 e. The van der Waals surface area contributed by atoms with Crippen LogP contribution in [0.2, 0.25) is 0 Å². The zero-order valence-corrected chi connectivity index (χ0v) is 23.4. The van der Waals surface area contributed by atoms with Gasteiger partial charge in [-0.05, 0) is 49.2 Å². The zero-order chi connectivity index (χ0) is 33.4. The molecule has 0 saturated carbocycles. The van der Waals surface area contributed by atoms with Crippen molar-refractivity contribution >= 4 is 11.6 Å². The van der Waals surface area contributed by atoms with Gasteiger partial charge in [0.25, 0.3) is 0 Å². The maximum atomic E-state index is 13.1. The number of hydrogen-bond donors (Lipinski definition) is 0. The lowest BCUT2D eigenvalue weighted by Crippen LogP contribution is -2.16. The molecule has 0 fully saturated rings. The number of alkyl halides is 9. The molecule has 0 aliphatic carbocycles. The first-order chi connectivity index (χ1) is 21.4. The van der Waals surface area contributed by atoms with Gasteiger partial charge in [0.15, 0.2) is 5.69 Å². The largest absolute Gasteiger partial charge is 0.573 e. The van der Waals surface area contributed by atoms with Crippen LogP contribution in [0.3, 0.4) is 0 Å². The molecule has 240 valence electrons. The van der Waals surface area contributed by atoms with E-state index in [1.54, 1.807) is 22.7 Å². The van der Waals surface area contributed by atoms with Gasteiger partial charge in [0.05, 0.1) is 11.4 Å². The fraction of sp³-hybridized carbons (Fsp3) is 0.172. The Hall–Kier alpha value is -5.35. The highest BCUT2D eigenvalue weighted by Gasteiger charge is 2.37. The summed E-state index contributed by atoms with van der Waals surface area (Å²) in [6.45, 7) is 3.08. The molecular formula is C29H19F9N6O2. The summed E-state index contributed by atoms with van der Waals surface area (Å²) < 4.78 is 122. The molecule has 0 aliphatic heterocycles. The Morgan fingerprint density at radius 2 is 1.04 bits per heavy atom. The Balaban J connectivity index is 0.000000184. The van der Waals surface area contributed by atoms with Crippen LogP contribution in [0.25, 0.3) is 33.8 Å². The molecule has 46 heavy (non-hydrogen) atoms. The third kappa shape index (κ3) is 7.65. The Morgan fingerprint density at radius 3 is 1.52 bits per heavy atom. The summed E-state index contributed by atoms with van der Waals surface area (Å²) in [4.78, 5) is 16.0. The Bertz CT molecular complexity index is 1980. The smallest absolute Gasteiger partial charge is 0.406 e. The lowest BCUT2D eigenvalue weighted by Gasteiger charge is -2.10. The van der Waals surface area contributed by atoms with Gasteiger partial charge in [0.2, 0.25) is 11.6 Å². The minimum atomic E-state index is -4.82. The number of fused-ring (bicyclic) bond motifs is 2. The highest BCUT2D eigenvalue weighted by atomic mass is 19.4. The average molecular weight is 654 g/mol. The predicted molar refractivity (Wildman–Crippen MR) is 145 cm³/mol. The molecule has 0 bridgehead atoms. The molecule has 6 aromatic rings. The number of aromatic nitrogens is 6. The van der Waals surface area contributed by atoms with Crippen LogP contribution in [0.4, 0.5) is 39.5 Å². The fourth-order valence-electron chi connectivity index (χ4n) is 4.39. The van der Waals surface area contributed by atoms with Crippen molar-refractivity contribution < 1.29 is 49.0 Å². The van der Waals surface area contributed by atoms with E-state index in [0.29, 0.717) is 11.3 Å². The summed E-state index contributed by atoms with van der Waals surface area (Å²) in [6, 6.07) is 10.4. The van der Waals surface area contributed by atoms with Crippen molar-refractivity contribution in [2.24, 2.45) is 0 Å². The van der Waals surface area contributed by atoms with Crippen molar-refractivity contribution in [2.45, 2.75) is 32.7 Å². The topological polar surface area (TPSA) is 78.8 Å². The second-order valence-corrected chi connectivity index (χ2v) is 9.63. The summed E-state index contributed by atoms with van der Waals surface area (Å²) in [5.74, 6) is -0.225. The monoisotopic (exact) mass is 654 g/mol. The molecule has 2 aromatic carbocycles. The molecule has 0 spiro atoms. The van der Waals surface area contributed by atoms with Gasteiger partial charge in [-0.1, -0.05) is 24.3 Å². The molecule has 6 rings (SSSR count). The first-order valence-electron chi connectivity index (χ1n) is 12.9. The molecule has 17 heteroatoms. The second-order valence-electron chi connectivity index (χ2n) is 9.63. The maximum absolute atomic E-state index is 13.1. The first-order valence-corrected chi connectivity index (χ1v) is 12.9. The van der Waals surface area contributed by atoms with Gasteiger partial charge < -0.3 is 9.47 Å². The summed E-state index contributed by atoms with van der Waals surface area (Å²) in [5, 5.41) is 0. The van der Waals surface area contributed by atoms with Crippen LogP contribution in [-0.2, 0) is 6.18 Å². The van der Waals surface area contributed by atoms with Gasteiger partial charge >= 0.3 is 18.9 Å². The summed E-state index contributed by atoms with van der Waals surface area (Å²) in [5.41, 5.74) is 1.86. The molecule has 0 amide bonds. The summed E-state index contributed by atoms with van der Waals surface area (Å²) in [6.07, 6.45) is -6.37. The number of nitrogens with zero attached hydrogens (tertiary/aromatic N) is 6. The van der Waals surface area contributed by atoms with Crippen molar-refractivity contribution in [3.05, 3.63) is 96.6 Å². The second kappa shape index (κ2) is 11.9. The van der Waals surface area contributed by atoms with Crippen LogP contribution in [0.15, 0.2) is 79.5 Å². The van der Waals surface area contributed by atoms with Gasteiger partial charge in [-0.2, -0.15) is 13.2 Å². The van der Waals surface area contributed by atoms with Crippen molar-refractivity contribution in [1.29, 1.82) is 0 Å². The van der Waals surface area contributed by atoms with Gasteiger partial charge in [-0.15, -0.1) is 26.3 Å². The Kier molecular flexibility index (Phi) is 8.27. The van der Waals surface area contributed by atoms with Crippen LogP contribution in [0.5, 0.6) is 11.5 Å². The first kappa shape index (κ1) is 32.1. The summed E-state index contributed by atoms with van der Waals surface area (Å²) in [7, 11) is 0. The molecule has 4 aromatic heterocycles. The molecule has 0 atom stereocenters. The van der Waals surface area contributed by atoms with Gasteiger partial charge in [-0.25, -0.2) is 19.9 Å². The molecule has 0 N–H and O–H groups in total. The van der Waals surface area contributed by atoms with Crippen LogP contribution in [0.1, 0.15) is 17.1 Å². The number of rotatable bonds is 4. The van der Waals surface area contributed by atoms with E-state index >= 15 is 0 Å². The minimum absolute atomic E-state index is 0.120. The number of benzene rings is 2. The van der Waals surface area contributed by atoms with Gasteiger partial charge in [-0.3, -0.25) is 8.80 Å². The number of halogens is 9. The van der Waals surface area contributed by atoms with Crippen LogP contribution in [0, 0.1) is 13.8 Å². The standard InChI is InChI=1S/C15H9F6N3O.C14H10F3N3O/c1-8-12(14(16,17)18)24-7-10(6-22-13(24)23-8)9-2-4-11(5-3-9)25-15(19,20)21;1-9-7-20-8-11(6-18-13(20)19-9)10-2-4-12(5-3-10)21-14(15,16)17/h2-7H,1H3;2-8H,1H3. The lowest BCUT2D eigenvalue weighted by atomic mass is 10.1. The van der Waals surface area contributed by atoms with Gasteiger partial charge in [0, 0.05) is 42.1 Å². The third-order valence-electron chi connectivity index (χ3n) is 6.20. The molecular weight excluding hydrogens is 635 g/mol. The average Bonchev–Trinajstić information content (AvgIpc) is 3.49. The van der Waals surface area contributed by atoms with Crippen molar-refractivity contribution in [3.63, 3.8) is 0 Å². The lowest BCUT2D eigenvalue weighted by molar-refractivity contribution is -0.275. The van der Waals surface area contributed by atoms with E-state index in [-0.39, 0.29) is 22.8 Å². The third-order valence-corrected chi connectivity index (χ3v) is 6.20. The van der Waals surface area contributed by atoms with E-state index in [1.165, 1.54) is 43.6 Å². The summed E-state index contributed by atoms with van der Waals surface area (Å²) >= 11 is 0. The molecule has 0 radical (unpaired) electrons. The van der Waals surface area contributed by atoms with E-state index in [9.17, 15) is 39.5 Å². The van der Waals surface area contributed by atoms with Crippen molar-refractivity contribution in [1.82, 2.24) is 28.7 Å². The zero-order valence-electron chi connectivity index (χ0n) is 23.4. The van der Waals surface area contributed by atoms with E-state index in [2.05, 4.69) is 29.4 Å². The highest BCUT2D eigenvalue weighted by Crippen LogP contribution is 2.33. The number of hydrogen-bond acceptors (Lipinski definition) is 6. The molecule has 8 nitrogen and oxygen atoms in total. The number of aryl methyl sites for hydroxylation is 2. The highest BCUT2D eigenvalue weighted by molar-refractivity contribution is 5.64. The molecule has 0 aliphatic rings. The van der Waals surface area contributed by atoms with E-state index in [1.807, 2.05) is 19.3 Å². The Labute approximate surface area is 252 Å². The van der Waals surface area contributed by atoms with E-state index in [4.69, 9.17) is 0 Å². The van der Waals surface area contributed by atoms with Crippen LogP contribution in [-0.4, -0.2) is 41.5 Å². The van der Waals surface area contributed by atoms with E-state index < -0.39 is 30.3 Å². The van der Waals surface area contributed by atoms with Crippen molar-refractivity contribution in [3.8, 4) is 33.8 Å². The van der Waals surface area contributed by atoms with Gasteiger partial charge in [0.1, 0.15) is 11.5 Å². The van der Waals surface area contributed by atoms with E-state index in [0.717, 1.165) is 33.4 Å².